The highest BCUT2D eigenvalue weighted by atomic mass is 16.5. The van der Waals surface area contributed by atoms with Crippen molar-refractivity contribution in [2.24, 2.45) is 0 Å². The third-order valence-electron chi connectivity index (χ3n) is 12.7. The Bertz CT molecular complexity index is 2860. The zero-order valence-electron chi connectivity index (χ0n) is 29.4. The number of para-hydroxylation sites is 1. The molecule has 1 aromatic heterocycles. The number of aromatic nitrogens is 1. The molecule has 0 saturated carbocycles. The van der Waals surface area contributed by atoms with Gasteiger partial charge in [0.25, 0.3) is 0 Å². The molecule has 0 saturated heterocycles. The highest BCUT2D eigenvalue weighted by Gasteiger charge is 2.52. The molecule has 250 valence electrons. The Labute approximate surface area is 309 Å². The smallest absolute Gasteiger partial charge is 0.134 e. The van der Waals surface area contributed by atoms with Crippen LogP contribution < -0.4 is 4.74 Å². The Kier molecular flexibility index (Phi) is 5.71. The second-order valence-corrected chi connectivity index (χ2v) is 15.2. The van der Waals surface area contributed by atoms with Crippen molar-refractivity contribution >= 4 is 27.5 Å². The summed E-state index contributed by atoms with van der Waals surface area (Å²) in [6.07, 6.45) is 20.9. The fourth-order valence-corrected chi connectivity index (χ4v) is 10.4. The van der Waals surface area contributed by atoms with Gasteiger partial charge >= 0.3 is 0 Å². The SMILES string of the molecule is CC12C=CC=CC1Oc1c2cc(-c2ccc3c(c2)C2(c4ccccc4-c4ccccc42)c2ccccc2-3)c2c1c1ccccc1n2C1=CC=CCC=C1. The van der Waals surface area contributed by atoms with Gasteiger partial charge in [-0.15, -0.1) is 0 Å². The van der Waals surface area contributed by atoms with E-state index in [1.165, 1.54) is 83.0 Å². The maximum Gasteiger partial charge on any atom is 0.134 e. The number of allylic oxidation sites excluding steroid dienone is 8. The zero-order valence-corrected chi connectivity index (χ0v) is 29.4. The summed E-state index contributed by atoms with van der Waals surface area (Å²) in [6.45, 7) is 2.33. The zero-order chi connectivity index (χ0) is 34.9. The molecule has 1 aliphatic heterocycles. The largest absolute Gasteiger partial charge is 0.484 e. The molecule has 2 nitrogen and oxygen atoms in total. The maximum atomic E-state index is 7.02. The summed E-state index contributed by atoms with van der Waals surface area (Å²) in [7, 11) is 0. The molecule has 2 atom stereocenters. The van der Waals surface area contributed by atoms with Gasteiger partial charge in [0.05, 0.1) is 27.2 Å². The van der Waals surface area contributed by atoms with Crippen molar-refractivity contribution in [2.45, 2.75) is 30.3 Å². The van der Waals surface area contributed by atoms with Crippen LogP contribution in [0.4, 0.5) is 0 Å². The van der Waals surface area contributed by atoms with Crippen LogP contribution in [0, 0.1) is 0 Å². The Morgan fingerprint density at radius 2 is 1.30 bits per heavy atom. The first-order chi connectivity index (χ1) is 26.2. The minimum absolute atomic E-state index is 0.0627. The minimum atomic E-state index is -0.411. The van der Waals surface area contributed by atoms with Gasteiger partial charge in [0.2, 0.25) is 0 Å². The lowest BCUT2D eigenvalue weighted by atomic mass is 9.70. The van der Waals surface area contributed by atoms with Crippen molar-refractivity contribution in [1.82, 2.24) is 4.57 Å². The molecular weight excluding hydrogens is 643 g/mol. The van der Waals surface area contributed by atoms with Crippen LogP contribution in [-0.2, 0) is 10.8 Å². The molecule has 7 aromatic rings. The highest BCUT2D eigenvalue weighted by Crippen LogP contribution is 2.63. The van der Waals surface area contributed by atoms with Crippen molar-refractivity contribution in [3.63, 3.8) is 0 Å². The molecule has 5 aliphatic rings. The molecule has 2 unspecified atom stereocenters. The van der Waals surface area contributed by atoms with Crippen molar-refractivity contribution in [2.75, 3.05) is 0 Å². The van der Waals surface area contributed by atoms with E-state index < -0.39 is 5.41 Å². The molecule has 12 rings (SSSR count). The van der Waals surface area contributed by atoms with Crippen LogP contribution in [0.2, 0.25) is 0 Å². The lowest BCUT2D eigenvalue weighted by Crippen LogP contribution is -2.32. The van der Waals surface area contributed by atoms with E-state index in [1.807, 2.05) is 0 Å². The van der Waals surface area contributed by atoms with E-state index in [9.17, 15) is 0 Å². The van der Waals surface area contributed by atoms with Crippen molar-refractivity contribution in [3.8, 4) is 39.1 Å². The average Bonchev–Trinajstić information content (AvgIpc) is 3.82. The van der Waals surface area contributed by atoms with Gasteiger partial charge in [0.1, 0.15) is 11.9 Å². The van der Waals surface area contributed by atoms with Crippen LogP contribution in [0.5, 0.6) is 5.75 Å². The third-order valence-corrected chi connectivity index (χ3v) is 12.7. The molecule has 0 amide bonds. The first-order valence-corrected chi connectivity index (χ1v) is 18.8. The summed E-state index contributed by atoms with van der Waals surface area (Å²) in [5.74, 6) is 1.000. The van der Waals surface area contributed by atoms with Crippen molar-refractivity contribution < 1.29 is 4.74 Å². The van der Waals surface area contributed by atoms with Crippen LogP contribution in [-0.4, -0.2) is 10.7 Å². The summed E-state index contributed by atoms with van der Waals surface area (Å²) >= 11 is 0. The van der Waals surface area contributed by atoms with Gasteiger partial charge in [0.15, 0.2) is 0 Å². The normalized spacial score (nSPS) is 20.5. The van der Waals surface area contributed by atoms with E-state index in [2.05, 4.69) is 188 Å². The number of rotatable bonds is 2. The van der Waals surface area contributed by atoms with Gasteiger partial charge in [-0.3, -0.25) is 0 Å². The van der Waals surface area contributed by atoms with E-state index >= 15 is 0 Å². The second kappa shape index (κ2) is 10.4. The monoisotopic (exact) mass is 677 g/mol. The topological polar surface area (TPSA) is 14.2 Å². The van der Waals surface area contributed by atoms with E-state index in [4.69, 9.17) is 4.74 Å². The fraction of sp³-hybridized carbons (Fsp3) is 0.0980. The standard InChI is InChI=1S/C51H35NO/c1-50-29-15-14-26-46(50)53-49-44(50)31-39(48-47(49)38-21-9-13-25-45(38)52(48)33-16-4-2-3-5-17-33)32-27-28-37-36-20-8-12-24-42(36)51(43(37)30-32)40-22-10-6-18-34(40)35-19-7-11-23-41(35)51/h2,4-31,46H,3H2,1H3. The molecule has 0 fully saturated rings. The molecule has 6 aromatic carbocycles. The van der Waals surface area contributed by atoms with Crippen LogP contribution in [0.3, 0.4) is 0 Å². The van der Waals surface area contributed by atoms with E-state index in [1.54, 1.807) is 0 Å². The fourth-order valence-electron chi connectivity index (χ4n) is 10.4. The molecular formula is C51H35NO. The molecule has 2 heteroatoms. The van der Waals surface area contributed by atoms with Crippen LogP contribution in [0.15, 0.2) is 176 Å². The lowest BCUT2D eigenvalue weighted by Gasteiger charge is -2.31. The summed E-state index contributed by atoms with van der Waals surface area (Å²) in [5, 5.41) is 2.39. The number of fused-ring (bicyclic) bond motifs is 17. The molecule has 0 radical (unpaired) electrons. The van der Waals surface area contributed by atoms with Crippen LogP contribution in [0.25, 0.3) is 60.9 Å². The van der Waals surface area contributed by atoms with Crippen molar-refractivity contribution in [1.29, 1.82) is 0 Å². The summed E-state index contributed by atoms with van der Waals surface area (Å²) in [4.78, 5) is 0. The van der Waals surface area contributed by atoms with Gasteiger partial charge < -0.3 is 9.30 Å². The molecule has 1 spiro atoms. The molecule has 4 aliphatic carbocycles. The predicted octanol–water partition coefficient (Wildman–Crippen LogP) is 12.3. The maximum absolute atomic E-state index is 7.02. The Morgan fingerprint density at radius 3 is 2.06 bits per heavy atom. The number of hydrogen-bond acceptors (Lipinski definition) is 1. The summed E-state index contributed by atoms with van der Waals surface area (Å²) < 4.78 is 9.50. The van der Waals surface area contributed by atoms with Gasteiger partial charge in [0, 0.05) is 22.2 Å². The minimum Gasteiger partial charge on any atom is -0.484 e. The summed E-state index contributed by atoms with van der Waals surface area (Å²) in [6, 6.07) is 45.8. The molecule has 0 bridgehead atoms. The highest BCUT2D eigenvalue weighted by molar-refractivity contribution is 6.18. The van der Waals surface area contributed by atoms with Gasteiger partial charge in [-0.25, -0.2) is 0 Å². The average molecular weight is 678 g/mol. The van der Waals surface area contributed by atoms with Gasteiger partial charge in [-0.05, 0) is 99.8 Å². The van der Waals surface area contributed by atoms with Crippen LogP contribution in [0.1, 0.15) is 41.2 Å². The summed E-state index contributed by atoms with van der Waals surface area (Å²) in [5.41, 5.74) is 17.2. The Hall–Kier alpha value is -6.38. The molecule has 0 N–H and O–H groups in total. The molecule has 53 heavy (non-hydrogen) atoms. The number of nitrogens with zero attached hydrogens (tertiary/aromatic N) is 1. The van der Waals surface area contributed by atoms with Crippen molar-refractivity contribution in [3.05, 3.63) is 204 Å². The van der Waals surface area contributed by atoms with Gasteiger partial charge in [-0.1, -0.05) is 140 Å². The molecule has 2 heterocycles. The number of ether oxygens (including phenoxy) is 1. The quantitative estimate of drug-likeness (QED) is 0.178. The van der Waals surface area contributed by atoms with E-state index in [0.29, 0.717) is 0 Å². The second-order valence-electron chi connectivity index (χ2n) is 15.2. The number of hydrogen-bond donors (Lipinski definition) is 0. The van der Waals surface area contributed by atoms with Gasteiger partial charge in [-0.2, -0.15) is 0 Å². The predicted molar refractivity (Wildman–Crippen MR) is 218 cm³/mol. The van der Waals surface area contributed by atoms with Crippen LogP contribution >= 0.6 is 0 Å². The third kappa shape index (κ3) is 3.58. The Morgan fingerprint density at radius 1 is 0.623 bits per heavy atom. The first-order valence-electron chi connectivity index (χ1n) is 18.8. The first kappa shape index (κ1) is 29.2. The van der Waals surface area contributed by atoms with E-state index in [-0.39, 0.29) is 11.5 Å². The number of benzene rings is 6. The lowest BCUT2D eigenvalue weighted by molar-refractivity contribution is 0.230. The van der Waals surface area contributed by atoms with E-state index in [0.717, 1.165) is 17.9 Å². The Balaban J connectivity index is 1.22.